The van der Waals surface area contributed by atoms with Gasteiger partial charge in [-0.3, -0.25) is 4.79 Å². The summed E-state index contributed by atoms with van der Waals surface area (Å²) in [4.78, 5) is 11.5. The number of aromatic nitrogens is 3. The van der Waals surface area contributed by atoms with Crippen molar-refractivity contribution in [2.45, 2.75) is 46.2 Å². The van der Waals surface area contributed by atoms with E-state index in [9.17, 15) is 4.79 Å². The van der Waals surface area contributed by atoms with E-state index in [0.717, 1.165) is 18.1 Å². The molecule has 6 nitrogen and oxygen atoms in total. The smallest absolute Gasteiger partial charge is 0.221 e. The zero-order valence-electron chi connectivity index (χ0n) is 11.7. The molecular weight excluding hydrogens is 230 g/mol. The number of carbonyl (C=O) groups is 1. The van der Waals surface area contributed by atoms with Gasteiger partial charge in [-0.2, -0.15) is 0 Å². The average molecular weight is 253 g/mol. The third-order valence-electron chi connectivity index (χ3n) is 3.01. The van der Waals surface area contributed by atoms with Gasteiger partial charge in [0.05, 0.1) is 6.54 Å². The second-order valence-corrected chi connectivity index (χ2v) is 4.53. The molecule has 1 aromatic rings. The van der Waals surface area contributed by atoms with Crippen LogP contribution in [0.1, 0.15) is 38.3 Å². The van der Waals surface area contributed by atoms with Crippen molar-refractivity contribution in [3.05, 3.63) is 11.6 Å². The van der Waals surface area contributed by atoms with Crippen LogP contribution in [0.25, 0.3) is 0 Å². The van der Waals surface area contributed by atoms with Crippen molar-refractivity contribution in [2.75, 3.05) is 6.54 Å². The molecule has 0 aliphatic rings. The van der Waals surface area contributed by atoms with Crippen LogP contribution in [0.15, 0.2) is 0 Å². The van der Waals surface area contributed by atoms with Crippen molar-refractivity contribution >= 4 is 5.91 Å². The Labute approximate surface area is 108 Å². The molecule has 1 unspecified atom stereocenters. The minimum Gasteiger partial charge on any atom is -0.354 e. The van der Waals surface area contributed by atoms with Crippen LogP contribution >= 0.6 is 0 Å². The van der Waals surface area contributed by atoms with E-state index >= 15 is 0 Å². The van der Waals surface area contributed by atoms with Gasteiger partial charge in [-0.1, -0.05) is 6.92 Å². The highest BCUT2D eigenvalue weighted by molar-refractivity contribution is 5.76. The van der Waals surface area contributed by atoms with Crippen molar-refractivity contribution in [3.8, 4) is 0 Å². The summed E-state index contributed by atoms with van der Waals surface area (Å²) in [5, 5.41) is 14.1. The number of rotatable bonds is 7. The van der Waals surface area contributed by atoms with E-state index in [0.29, 0.717) is 19.5 Å². The van der Waals surface area contributed by atoms with E-state index in [2.05, 4.69) is 27.8 Å². The minimum absolute atomic E-state index is 0.0889. The molecule has 18 heavy (non-hydrogen) atoms. The average Bonchev–Trinajstić information content (AvgIpc) is 2.66. The third kappa shape index (κ3) is 4.44. The molecule has 0 radical (unpaired) electrons. The molecule has 6 heteroatoms. The van der Waals surface area contributed by atoms with Gasteiger partial charge in [-0.05, 0) is 20.3 Å². The summed E-state index contributed by atoms with van der Waals surface area (Å²) in [5.41, 5.74) is 0. The molecule has 0 spiro atoms. The van der Waals surface area contributed by atoms with Crippen LogP contribution in [-0.2, 0) is 18.4 Å². The summed E-state index contributed by atoms with van der Waals surface area (Å²) < 4.78 is 1.94. The Bertz CT molecular complexity index is 388. The number of nitrogens with zero attached hydrogens (tertiary/aromatic N) is 3. The summed E-state index contributed by atoms with van der Waals surface area (Å²) in [7, 11) is 1.93. The lowest BCUT2D eigenvalue weighted by Gasteiger charge is -2.11. The first-order chi connectivity index (χ1) is 8.54. The van der Waals surface area contributed by atoms with E-state index < -0.39 is 0 Å². The molecule has 0 saturated carbocycles. The normalized spacial score (nSPS) is 12.4. The second kappa shape index (κ2) is 7.10. The van der Waals surface area contributed by atoms with Gasteiger partial charge in [0, 0.05) is 26.1 Å². The number of aryl methyl sites for hydroxylation is 1. The number of hydrogen-bond donors (Lipinski definition) is 2. The third-order valence-corrected chi connectivity index (χ3v) is 3.01. The van der Waals surface area contributed by atoms with Crippen molar-refractivity contribution < 1.29 is 4.79 Å². The first-order valence-electron chi connectivity index (χ1n) is 6.39. The largest absolute Gasteiger partial charge is 0.354 e. The van der Waals surface area contributed by atoms with Gasteiger partial charge in [-0.15, -0.1) is 10.2 Å². The molecule has 2 N–H and O–H groups in total. The quantitative estimate of drug-likeness (QED) is 0.695. The van der Waals surface area contributed by atoms with Gasteiger partial charge in [0.15, 0.2) is 0 Å². The zero-order chi connectivity index (χ0) is 13.5. The van der Waals surface area contributed by atoms with Crippen LogP contribution < -0.4 is 10.6 Å². The fraction of sp³-hybridized carbons (Fsp3) is 0.750. The molecule has 0 fully saturated rings. The minimum atomic E-state index is 0.0889. The Morgan fingerprint density at radius 3 is 2.72 bits per heavy atom. The second-order valence-electron chi connectivity index (χ2n) is 4.53. The van der Waals surface area contributed by atoms with Crippen LogP contribution in [0.5, 0.6) is 0 Å². The first-order valence-corrected chi connectivity index (χ1v) is 6.39. The highest BCUT2D eigenvalue weighted by Gasteiger charge is 2.06. The van der Waals surface area contributed by atoms with Gasteiger partial charge in [0.1, 0.15) is 11.6 Å². The molecule has 0 aliphatic carbocycles. The molecule has 1 aromatic heterocycles. The first kappa shape index (κ1) is 14.6. The van der Waals surface area contributed by atoms with Gasteiger partial charge >= 0.3 is 0 Å². The molecule has 0 aliphatic heterocycles. The van der Waals surface area contributed by atoms with Gasteiger partial charge < -0.3 is 15.2 Å². The van der Waals surface area contributed by atoms with E-state index in [1.54, 1.807) is 0 Å². The lowest BCUT2D eigenvalue weighted by atomic mass is 10.2. The Kier molecular flexibility index (Phi) is 5.77. The number of hydrogen-bond acceptors (Lipinski definition) is 4. The fourth-order valence-electron chi connectivity index (χ4n) is 1.46. The predicted molar refractivity (Wildman–Crippen MR) is 70.0 cm³/mol. The summed E-state index contributed by atoms with van der Waals surface area (Å²) in [5.74, 6) is 1.86. The summed E-state index contributed by atoms with van der Waals surface area (Å²) in [6, 6.07) is 0.249. The van der Waals surface area contributed by atoms with Gasteiger partial charge in [0.25, 0.3) is 0 Å². The van der Waals surface area contributed by atoms with Crippen molar-refractivity contribution in [1.82, 2.24) is 25.4 Å². The maximum atomic E-state index is 11.5. The van der Waals surface area contributed by atoms with Crippen LogP contribution in [0, 0.1) is 6.92 Å². The molecule has 0 saturated heterocycles. The van der Waals surface area contributed by atoms with Gasteiger partial charge in [-0.25, -0.2) is 0 Å². The number of amides is 1. The fourth-order valence-corrected chi connectivity index (χ4v) is 1.46. The molecule has 1 rings (SSSR count). The van der Waals surface area contributed by atoms with E-state index in [-0.39, 0.29) is 11.9 Å². The molecule has 1 atom stereocenters. The highest BCUT2D eigenvalue weighted by atomic mass is 16.1. The maximum absolute atomic E-state index is 11.5. The predicted octanol–water partition coefficient (Wildman–Crippen LogP) is 0.518. The molecule has 0 aromatic carbocycles. The zero-order valence-corrected chi connectivity index (χ0v) is 11.7. The topological polar surface area (TPSA) is 71.8 Å². The Balaban J connectivity index is 2.19. The number of carbonyl (C=O) groups excluding carboxylic acids is 1. The van der Waals surface area contributed by atoms with Crippen molar-refractivity contribution in [1.29, 1.82) is 0 Å². The summed E-state index contributed by atoms with van der Waals surface area (Å²) in [6.07, 6.45) is 1.44. The molecule has 1 heterocycles. The Morgan fingerprint density at radius 1 is 1.44 bits per heavy atom. The summed E-state index contributed by atoms with van der Waals surface area (Å²) >= 11 is 0. The Hall–Kier alpha value is -1.43. The number of nitrogens with one attached hydrogen (secondary N) is 2. The molecular formula is C12H23N5O. The maximum Gasteiger partial charge on any atom is 0.221 e. The van der Waals surface area contributed by atoms with E-state index in [1.807, 2.05) is 25.5 Å². The van der Waals surface area contributed by atoms with E-state index in [4.69, 9.17) is 0 Å². The van der Waals surface area contributed by atoms with Crippen LogP contribution in [0.2, 0.25) is 0 Å². The molecule has 1 amide bonds. The SMILES string of the molecule is CCC(C)NC(=O)CCNCc1nnc(C)n1C. The molecule has 102 valence electrons. The van der Waals surface area contributed by atoms with Crippen molar-refractivity contribution in [3.63, 3.8) is 0 Å². The lowest BCUT2D eigenvalue weighted by Crippen LogP contribution is -2.34. The lowest BCUT2D eigenvalue weighted by molar-refractivity contribution is -0.121. The molecule has 0 bridgehead atoms. The van der Waals surface area contributed by atoms with Crippen LogP contribution in [0.3, 0.4) is 0 Å². The van der Waals surface area contributed by atoms with Crippen molar-refractivity contribution in [2.24, 2.45) is 7.05 Å². The highest BCUT2D eigenvalue weighted by Crippen LogP contribution is 1.96. The Morgan fingerprint density at radius 2 is 2.17 bits per heavy atom. The van der Waals surface area contributed by atoms with Gasteiger partial charge in [0.2, 0.25) is 5.91 Å². The monoisotopic (exact) mass is 253 g/mol. The van der Waals surface area contributed by atoms with Crippen LogP contribution in [-0.4, -0.2) is 33.3 Å². The standard InChI is InChI=1S/C12H23N5O/c1-5-9(2)14-12(18)6-7-13-8-11-16-15-10(3)17(11)4/h9,13H,5-8H2,1-4H3,(H,14,18). The van der Waals surface area contributed by atoms with E-state index in [1.165, 1.54) is 0 Å². The summed E-state index contributed by atoms with van der Waals surface area (Å²) in [6.45, 7) is 7.26. The van der Waals surface area contributed by atoms with Crippen LogP contribution in [0.4, 0.5) is 0 Å².